The molecular formula is C14H29N3O2. The van der Waals surface area contributed by atoms with Crippen LogP contribution in [0.5, 0.6) is 0 Å². The van der Waals surface area contributed by atoms with Gasteiger partial charge in [0.25, 0.3) is 0 Å². The number of ether oxygens (including phenoxy) is 1. The highest BCUT2D eigenvalue weighted by atomic mass is 16.5. The average molecular weight is 271 g/mol. The zero-order chi connectivity index (χ0) is 14.4. The van der Waals surface area contributed by atoms with Crippen molar-refractivity contribution in [3.63, 3.8) is 0 Å². The monoisotopic (exact) mass is 271 g/mol. The Labute approximate surface area is 116 Å². The SMILES string of the molecule is CC(C)C(CNC(=O)[C@@H](N)C(C)C)N1CCOCC1. The van der Waals surface area contributed by atoms with Crippen molar-refractivity contribution in [3.8, 4) is 0 Å². The van der Waals surface area contributed by atoms with Gasteiger partial charge < -0.3 is 15.8 Å². The first-order valence-electron chi connectivity index (χ1n) is 7.28. The second-order valence-corrected chi connectivity index (χ2v) is 5.97. The molecule has 112 valence electrons. The van der Waals surface area contributed by atoms with Gasteiger partial charge in [0, 0.05) is 25.7 Å². The molecular weight excluding hydrogens is 242 g/mol. The van der Waals surface area contributed by atoms with Crippen LogP contribution in [0.4, 0.5) is 0 Å². The molecule has 1 aliphatic heterocycles. The number of nitrogens with two attached hydrogens (primary N) is 1. The van der Waals surface area contributed by atoms with E-state index in [-0.39, 0.29) is 11.8 Å². The van der Waals surface area contributed by atoms with Crippen LogP contribution in [-0.4, -0.2) is 55.7 Å². The minimum atomic E-state index is -0.419. The molecule has 1 aliphatic rings. The van der Waals surface area contributed by atoms with Crippen molar-refractivity contribution in [1.82, 2.24) is 10.2 Å². The summed E-state index contributed by atoms with van der Waals surface area (Å²) in [4.78, 5) is 14.3. The first kappa shape index (κ1) is 16.4. The lowest BCUT2D eigenvalue weighted by atomic mass is 10.0. The van der Waals surface area contributed by atoms with Crippen LogP contribution in [0.3, 0.4) is 0 Å². The molecule has 19 heavy (non-hydrogen) atoms. The van der Waals surface area contributed by atoms with Crippen molar-refractivity contribution >= 4 is 5.91 Å². The van der Waals surface area contributed by atoms with Crippen LogP contribution in [0.25, 0.3) is 0 Å². The van der Waals surface area contributed by atoms with E-state index in [1.54, 1.807) is 0 Å². The standard InChI is InChI=1S/C14H29N3O2/c1-10(2)12(17-5-7-19-8-6-17)9-16-14(18)13(15)11(3)4/h10-13H,5-9,15H2,1-4H3,(H,16,18)/t12?,13-/m0/s1. The summed E-state index contributed by atoms with van der Waals surface area (Å²) in [6, 6.07) is -0.0651. The van der Waals surface area contributed by atoms with E-state index >= 15 is 0 Å². The number of morpholine rings is 1. The molecule has 1 saturated heterocycles. The van der Waals surface area contributed by atoms with Gasteiger partial charge in [-0.2, -0.15) is 0 Å². The van der Waals surface area contributed by atoms with Crippen molar-refractivity contribution in [3.05, 3.63) is 0 Å². The third kappa shape index (κ3) is 5.09. The highest BCUT2D eigenvalue weighted by molar-refractivity contribution is 5.81. The van der Waals surface area contributed by atoms with Gasteiger partial charge in [-0.3, -0.25) is 9.69 Å². The summed E-state index contributed by atoms with van der Waals surface area (Å²) in [5, 5.41) is 3.00. The molecule has 0 spiro atoms. The van der Waals surface area contributed by atoms with Crippen molar-refractivity contribution in [2.24, 2.45) is 17.6 Å². The van der Waals surface area contributed by atoms with Crippen LogP contribution in [0.2, 0.25) is 0 Å². The molecule has 1 heterocycles. The molecule has 1 unspecified atom stereocenters. The van der Waals surface area contributed by atoms with E-state index in [0.29, 0.717) is 18.5 Å². The maximum atomic E-state index is 11.9. The Morgan fingerprint density at radius 2 is 1.79 bits per heavy atom. The normalized spacial score (nSPS) is 20.6. The van der Waals surface area contributed by atoms with Gasteiger partial charge in [-0.05, 0) is 11.8 Å². The number of hydrogen-bond donors (Lipinski definition) is 2. The van der Waals surface area contributed by atoms with Gasteiger partial charge in [0.1, 0.15) is 0 Å². The van der Waals surface area contributed by atoms with Crippen molar-refractivity contribution in [2.45, 2.75) is 39.8 Å². The molecule has 0 aromatic heterocycles. The average Bonchev–Trinajstić information content (AvgIpc) is 2.38. The van der Waals surface area contributed by atoms with Gasteiger partial charge >= 0.3 is 0 Å². The summed E-state index contributed by atoms with van der Waals surface area (Å²) in [5.41, 5.74) is 5.86. The fourth-order valence-corrected chi connectivity index (χ4v) is 2.32. The molecule has 0 aliphatic carbocycles. The summed E-state index contributed by atoms with van der Waals surface area (Å²) in [5.74, 6) is 0.614. The molecule has 3 N–H and O–H groups in total. The fourth-order valence-electron chi connectivity index (χ4n) is 2.32. The van der Waals surface area contributed by atoms with Crippen LogP contribution in [0.1, 0.15) is 27.7 Å². The number of nitrogens with one attached hydrogen (secondary N) is 1. The first-order valence-corrected chi connectivity index (χ1v) is 7.28. The van der Waals surface area contributed by atoms with E-state index in [4.69, 9.17) is 10.5 Å². The molecule has 1 fully saturated rings. The Hall–Kier alpha value is -0.650. The lowest BCUT2D eigenvalue weighted by molar-refractivity contribution is -0.123. The van der Waals surface area contributed by atoms with Gasteiger partial charge in [0.05, 0.1) is 19.3 Å². The largest absolute Gasteiger partial charge is 0.379 e. The van der Waals surface area contributed by atoms with E-state index in [0.717, 1.165) is 26.3 Å². The fraction of sp³-hybridized carbons (Fsp3) is 0.929. The van der Waals surface area contributed by atoms with Gasteiger partial charge in [0.15, 0.2) is 0 Å². The molecule has 0 saturated carbocycles. The maximum absolute atomic E-state index is 11.9. The number of carbonyl (C=O) groups is 1. The molecule has 2 atom stereocenters. The highest BCUT2D eigenvalue weighted by Gasteiger charge is 2.25. The summed E-state index contributed by atoms with van der Waals surface area (Å²) in [7, 11) is 0. The third-order valence-electron chi connectivity index (χ3n) is 3.79. The maximum Gasteiger partial charge on any atom is 0.237 e. The zero-order valence-corrected chi connectivity index (χ0v) is 12.7. The molecule has 0 aromatic rings. The Morgan fingerprint density at radius 3 is 2.26 bits per heavy atom. The number of nitrogens with zero attached hydrogens (tertiary/aromatic N) is 1. The summed E-state index contributed by atoms with van der Waals surface area (Å²) < 4.78 is 5.38. The Kier molecular flexibility index (Phi) is 6.75. The van der Waals surface area contributed by atoms with Crippen molar-refractivity contribution < 1.29 is 9.53 Å². The number of hydrogen-bond acceptors (Lipinski definition) is 4. The minimum Gasteiger partial charge on any atom is -0.379 e. The zero-order valence-electron chi connectivity index (χ0n) is 12.7. The second-order valence-electron chi connectivity index (χ2n) is 5.97. The number of rotatable bonds is 6. The van der Waals surface area contributed by atoms with Crippen LogP contribution in [-0.2, 0) is 9.53 Å². The second kappa shape index (κ2) is 7.82. The van der Waals surface area contributed by atoms with E-state index in [1.165, 1.54) is 0 Å². The van der Waals surface area contributed by atoms with Gasteiger partial charge in [-0.15, -0.1) is 0 Å². The van der Waals surface area contributed by atoms with Gasteiger partial charge in [-0.25, -0.2) is 0 Å². The molecule has 0 radical (unpaired) electrons. The Balaban J connectivity index is 2.47. The van der Waals surface area contributed by atoms with Crippen LogP contribution in [0, 0.1) is 11.8 Å². The Morgan fingerprint density at radius 1 is 1.21 bits per heavy atom. The van der Waals surface area contributed by atoms with E-state index in [9.17, 15) is 4.79 Å². The molecule has 0 aromatic carbocycles. The molecule has 1 amide bonds. The van der Waals surface area contributed by atoms with Gasteiger partial charge in [-0.1, -0.05) is 27.7 Å². The van der Waals surface area contributed by atoms with Crippen LogP contribution >= 0.6 is 0 Å². The Bertz CT molecular complexity index is 276. The summed E-state index contributed by atoms with van der Waals surface area (Å²) >= 11 is 0. The number of carbonyl (C=O) groups excluding carboxylic acids is 1. The predicted octanol–water partition coefficient (Wildman–Crippen LogP) is 0.443. The van der Waals surface area contributed by atoms with Crippen LogP contribution in [0.15, 0.2) is 0 Å². The van der Waals surface area contributed by atoms with E-state index in [2.05, 4.69) is 24.1 Å². The third-order valence-corrected chi connectivity index (χ3v) is 3.79. The van der Waals surface area contributed by atoms with Gasteiger partial charge in [0.2, 0.25) is 5.91 Å². The quantitative estimate of drug-likeness (QED) is 0.736. The topological polar surface area (TPSA) is 67.6 Å². The first-order chi connectivity index (χ1) is 8.93. The number of amides is 1. The lowest BCUT2D eigenvalue weighted by Crippen LogP contribution is -2.53. The molecule has 0 bridgehead atoms. The van der Waals surface area contributed by atoms with E-state index < -0.39 is 6.04 Å². The predicted molar refractivity (Wildman–Crippen MR) is 76.8 cm³/mol. The highest BCUT2D eigenvalue weighted by Crippen LogP contribution is 2.12. The molecule has 1 rings (SSSR count). The summed E-state index contributed by atoms with van der Waals surface area (Å²) in [6.45, 7) is 12.4. The lowest BCUT2D eigenvalue weighted by Gasteiger charge is -2.37. The van der Waals surface area contributed by atoms with Crippen molar-refractivity contribution in [2.75, 3.05) is 32.8 Å². The van der Waals surface area contributed by atoms with Crippen LogP contribution < -0.4 is 11.1 Å². The minimum absolute atomic E-state index is 0.0473. The smallest absolute Gasteiger partial charge is 0.237 e. The molecule has 5 nitrogen and oxygen atoms in total. The van der Waals surface area contributed by atoms with Crippen molar-refractivity contribution in [1.29, 1.82) is 0 Å². The molecule has 5 heteroatoms. The van der Waals surface area contributed by atoms with E-state index in [1.807, 2.05) is 13.8 Å². The summed E-state index contributed by atoms with van der Waals surface area (Å²) in [6.07, 6.45) is 0.